The Morgan fingerprint density at radius 1 is 0.652 bits per heavy atom. The van der Waals surface area contributed by atoms with E-state index in [-0.39, 0.29) is 5.41 Å². The van der Waals surface area contributed by atoms with Gasteiger partial charge >= 0.3 is 0 Å². The maximum absolute atomic E-state index is 2.32. The molecule has 1 aliphatic rings. The summed E-state index contributed by atoms with van der Waals surface area (Å²) in [5, 5.41) is 0. The minimum Gasteiger partial charge on any atom is -0.344 e. The molecular formula is C22H21N. The van der Waals surface area contributed by atoms with Gasteiger partial charge in [0.2, 0.25) is 0 Å². The monoisotopic (exact) mass is 299 g/mol. The molecule has 0 saturated carbocycles. The summed E-state index contributed by atoms with van der Waals surface area (Å²) in [4.78, 5) is 2.32. The lowest BCUT2D eigenvalue weighted by molar-refractivity contribution is 0.629. The van der Waals surface area contributed by atoms with E-state index in [0.717, 1.165) is 0 Å². The molecule has 0 saturated heterocycles. The maximum atomic E-state index is 2.32. The second-order valence-electron chi connectivity index (χ2n) is 6.80. The topological polar surface area (TPSA) is 3.24 Å². The van der Waals surface area contributed by atoms with E-state index in [1.807, 2.05) is 0 Å². The average molecular weight is 299 g/mol. The van der Waals surface area contributed by atoms with Crippen molar-refractivity contribution in [2.45, 2.75) is 19.3 Å². The van der Waals surface area contributed by atoms with Crippen LogP contribution in [0.15, 0.2) is 72.8 Å². The van der Waals surface area contributed by atoms with Crippen LogP contribution < -0.4 is 4.90 Å². The van der Waals surface area contributed by atoms with E-state index < -0.39 is 0 Å². The molecule has 0 bridgehead atoms. The minimum atomic E-state index is 0.0215. The lowest BCUT2D eigenvalue weighted by atomic mass is 9.73. The Balaban J connectivity index is 1.92. The van der Waals surface area contributed by atoms with Crippen molar-refractivity contribution in [1.29, 1.82) is 0 Å². The molecule has 3 aromatic rings. The zero-order valence-corrected chi connectivity index (χ0v) is 13.9. The van der Waals surface area contributed by atoms with Crippen molar-refractivity contribution < 1.29 is 0 Å². The molecule has 0 fully saturated rings. The highest BCUT2D eigenvalue weighted by molar-refractivity contribution is 5.81. The second kappa shape index (κ2) is 4.99. The molecule has 0 radical (unpaired) electrons. The van der Waals surface area contributed by atoms with Crippen molar-refractivity contribution in [3.8, 4) is 11.1 Å². The molecule has 1 heteroatoms. The highest BCUT2D eigenvalue weighted by Crippen LogP contribution is 2.48. The van der Waals surface area contributed by atoms with Gasteiger partial charge in [-0.05, 0) is 34.4 Å². The number of benzene rings is 3. The molecule has 23 heavy (non-hydrogen) atoms. The van der Waals surface area contributed by atoms with Crippen molar-refractivity contribution in [1.82, 2.24) is 0 Å². The Bertz CT molecular complexity index is 862. The number of hydrogen-bond acceptors (Lipinski definition) is 1. The molecule has 0 unspecified atom stereocenters. The number of nitrogens with zero attached hydrogens (tertiary/aromatic N) is 1. The van der Waals surface area contributed by atoms with Crippen LogP contribution in [-0.2, 0) is 5.41 Å². The Labute approximate surface area is 138 Å². The molecule has 0 aromatic heterocycles. The number of rotatable bonds is 1. The Morgan fingerprint density at radius 2 is 1.30 bits per heavy atom. The van der Waals surface area contributed by atoms with Crippen molar-refractivity contribution in [2.75, 3.05) is 11.9 Å². The van der Waals surface area contributed by atoms with E-state index in [4.69, 9.17) is 0 Å². The quantitative estimate of drug-likeness (QED) is 0.552. The molecular weight excluding hydrogens is 278 g/mol. The molecule has 1 nitrogen and oxygen atoms in total. The van der Waals surface area contributed by atoms with Gasteiger partial charge in [-0.15, -0.1) is 0 Å². The fraction of sp³-hybridized carbons (Fsp3) is 0.182. The zero-order chi connectivity index (χ0) is 16.0. The summed E-state index contributed by atoms with van der Waals surface area (Å²) in [7, 11) is 2.17. The van der Waals surface area contributed by atoms with Gasteiger partial charge in [0.05, 0.1) is 0 Å². The van der Waals surface area contributed by atoms with Gasteiger partial charge in [0.15, 0.2) is 0 Å². The van der Waals surface area contributed by atoms with E-state index in [1.165, 1.54) is 33.6 Å². The lowest BCUT2D eigenvalue weighted by Gasteiger charge is -2.40. The predicted molar refractivity (Wildman–Crippen MR) is 98.5 cm³/mol. The van der Waals surface area contributed by atoms with E-state index in [1.54, 1.807) is 0 Å². The van der Waals surface area contributed by atoms with Crippen molar-refractivity contribution in [2.24, 2.45) is 0 Å². The van der Waals surface area contributed by atoms with Crippen molar-refractivity contribution >= 4 is 11.4 Å². The fourth-order valence-corrected chi connectivity index (χ4v) is 3.72. The van der Waals surface area contributed by atoms with E-state index >= 15 is 0 Å². The zero-order valence-electron chi connectivity index (χ0n) is 13.9. The molecule has 0 amide bonds. The van der Waals surface area contributed by atoms with E-state index in [0.29, 0.717) is 0 Å². The predicted octanol–water partition coefficient (Wildman–Crippen LogP) is 5.76. The van der Waals surface area contributed by atoms with Gasteiger partial charge in [0.25, 0.3) is 0 Å². The van der Waals surface area contributed by atoms with Gasteiger partial charge < -0.3 is 4.90 Å². The Morgan fingerprint density at radius 3 is 2.09 bits per heavy atom. The number of hydrogen-bond donors (Lipinski definition) is 0. The van der Waals surface area contributed by atoms with Crippen LogP contribution >= 0.6 is 0 Å². The smallest absolute Gasteiger partial charge is 0.0455 e. The average Bonchev–Trinajstić information content (AvgIpc) is 2.60. The molecule has 114 valence electrons. The van der Waals surface area contributed by atoms with Crippen LogP contribution in [0.3, 0.4) is 0 Å². The van der Waals surface area contributed by atoms with Crippen molar-refractivity contribution in [3.63, 3.8) is 0 Å². The normalized spacial score (nSPS) is 15.0. The van der Waals surface area contributed by atoms with Crippen LogP contribution in [0.4, 0.5) is 11.4 Å². The summed E-state index contributed by atoms with van der Waals surface area (Å²) in [6.07, 6.45) is 0. The fourth-order valence-electron chi connectivity index (χ4n) is 3.72. The third kappa shape index (κ3) is 2.08. The number of para-hydroxylation sites is 1. The summed E-state index contributed by atoms with van der Waals surface area (Å²) in [5.74, 6) is 0. The van der Waals surface area contributed by atoms with Gasteiger partial charge in [-0.2, -0.15) is 0 Å². The van der Waals surface area contributed by atoms with Gasteiger partial charge in [-0.3, -0.25) is 0 Å². The van der Waals surface area contributed by atoms with Gasteiger partial charge in [0.1, 0.15) is 0 Å². The van der Waals surface area contributed by atoms with E-state index in [2.05, 4.69) is 98.6 Å². The van der Waals surface area contributed by atoms with Gasteiger partial charge in [-0.1, -0.05) is 74.5 Å². The summed E-state index contributed by atoms with van der Waals surface area (Å²) < 4.78 is 0. The third-order valence-electron chi connectivity index (χ3n) is 5.08. The Hall–Kier alpha value is -2.54. The maximum Gasteiger partial charge on any atom is 0.0455 e. The molecule has 0 aliphatic carbocycles. The van der Waals surface area contributed by atoms with E-state index in [9.17, 15) is 0 Å². The van der Waals surface area contributed by atoms with Crippen molar-refractivity contribution in [3.05, 3.63) is 83.9 Å². The molecule has 0 N–H and O–H groups in total. The number of anilines is 2. The largest absolute Gasteiger partial charge is 0.344 e. The number of fused-ring (bicyclic) bond motifs is 2. The third-order valence-corrected chi connectivity index (χ3v) is 5.08. The van der Waals surface area contributed by atoms with Gasteiger partial charge in [-0.25, -0.2) is 0 Å². The standard InChI is InChI=1S/C22H21N/c1-22(2)18-11-7-8-12-20(18)23(3)21-15-17(13-14-19(21)22)16-9-5-4-6-10-16/h4-15H,1-3H3. The first-order valence-corrected chi connectivity index (χ1v) is 8.12. The van der Waals surface area contributed by atoms with Crippen LogP contribution in [0, 0.1) is 0 Å². The molecule has 1 heterocycles. The van der Waals surface area contributed by atoms with Crippen LogP contribution in [0.5, 0.6) is 0 Å². The van der Waals surface area contributed by atoms with Gasteiger partial charge in [0, 0.05) is 23.8 Å². The minimum absolute atomic E-state index is 0.0215. The highest BCUT2D eigenvalue weighted by atomic mass is 15.1. The summed E-state index contributed by atoms with van der Waals surface area (Å²) >= 11 is 0. The first-order chi connectivity index (χ1) is 11.1. The summed E-state index contributed by atoms with van der Waals surface area (Å²) in [5.41, 5.74) is 7.94. The van der Waals surface area contributed by atoms with Crippen LogP contribution in [0.1, 0.15) is 25.0 Å². The lowest BCUT2D eigenvalue weighted by Crippen LogP contribution is -2.30. The molecule has 4 rings (SSSR count). The molecule has 3 aromatic carbocycles. The summed E-state index contributed by atoms with van der Waals surface area (Å²) in [6, 6.07) is 26.2. The molecule has 0 atom stereocenters. The Kier molecular flexibility index (Phi) is 3.05. The van der Waals surface area contributed by atoms with Crippen LogP contribution in [-0.4, -0.2) is 7.05 Å². The van der Waals surface area contributed by atoms with Crippen LogP contribution in [0.25, 0.3) is 11.1 Å². The SMILES string of the molecule is CN1c2ccccc2C(C)(C)c2ccc(-c3ccccc3)cc21. The first-order valence-electron chi connectivity index (χ1n) is 8.12. The molecule has 0 spiro atoms. The molecule has 1 aliphatic heterocycles. The second-order valence-corrected chi connectivity index (χ2v) is 6.80. The van der Waals surface area contributed by atoms with Crippen LogP contribution in [0.2, 0.25) is 0 Å². The summed E-state index contributed by atoms with van der Waals surface area (Å²) in [6.45, 7) is 4.64. The first kappa shape index (κ1) is 14.1. The highest BCUT2D eigenvalue weighted by Gasteiger charge is 2.34.